The van der Waals surface area contributed by atoms with Crippen molar-refractivity contribution < 1.29 is 17.9 Å². The van der Waals surface area contributed by atoms with Gasteiger partial charge in [0.1, 0.15) is 11.9 Å². The lowest BCUT2D eigenvalue weighted by molar-refractivity contribution is -0.125. The molecule has 1 aliphatic heterocycles. The number of rotatable bonds is 5. The van der Waals surface area contributed by atoms with Gasteiger partial charge in [0.25, 0.3) is 0 Å². The number of carbonyl (C=O) groups excluding carboxylic acids is 1. The van der Waals surface area contributed by atoms with Gasteiger partial charge in [-0.25, -0.2) is 8.42 Å². The predicted octanol–water partition coefficient (Wildman–Crippen LogP) is 3.53. The Morgan fingerprint density at radius 2 is 1.93 bits per heavy atom. The highest BCUT2D eigenvalue weighted by molar-refractivity contribution is 7.90. The smallest absolute Gasteiger partial charge is 0.223 e. The quantitative estimate of drug-likeness (QED) is 0.764. The molecule has 0 fully saturated rings. The summed E-state index contributed by atoms with van der Waals surface area (Å²) >= 11 is 0. The molecule has 1 N–H and O–H groups in total. The second-order valence-electron chi connectivity index (χ2n) is 7.76. The van der Waals surface area contributed by atoms with E-state index in [1.165, 1.54) is 6.26 Å². The number of benzene rings is 2. The first-order valence-electron chi connectivity index (χ1n) is 9.93. The Morgan fingerprint density at radius 3 is 2.62 bits per heavy atom. The highest BCUT2D eigenvalue weighted by atomic mass is 32.2. The first kappa shape index (κ1) is 19.7. The van der Waals surface area contributed by atoms with Crippen molar-refractivity contribution in [1.29, 1.82) is 0 Å². The third kappa shape index (κ3) is 4.37. The number of amides is 1. The molecule has 152 valence electrons. The fourth-order valence-corrected chi connectivity index (χ4v) is 4.58. The van der Waals surface area contributed by atoms with Gasteiger partial charge in [0, 0.05) is 24.2 Å². The molecule has 2 aromatic carbocycles. The normalized spacial score (nSPS) is 20.7. The van der Waals surface area contributed by atoms with Crippen molar-refractivity contribution in [2.24, 2.45) is 5.92 Å². The Bertz CT molecular complexity index is 1040. The van der Waals surface area contributed by atoms with E-state index < -0.39 is 9.84 Å². The molecule has 0 saturated carbocycles. The molecule has 29 heavy (non-hydrogen) atoms. The van der Waals surface area contributed by atoms with Crippen molar-refractivity contribution in [2.75, 3.05) is 12.8 Å². The zero-order valence-electron chi connectivity index (χ0n) is 16.4. The summed E-state index contributed by atoms with van der Waals surface area (Å²) < 4.78 is 29.6. The van der Waals surface area contributed by atoms with Crippen LogP contribution in [0.3, 0.4) is 0 Å². The highest BCUT2D eigenvalue weighted by Gasteiger charge is 2.27. The Labute approximate surface area is 171 Å². The van der Waals surface area contributed by atoms with Crippen LogP contribution in [0, 0.1) is 5.92 Å². The molecule has 0 unspecified atom stereocenters. The number of ether oxygens (including phenoxy) is 1. The van der Waals surface area contributed by atoms with Gasteiger partial charge in [0.2, 0.25) is 5.91 Å². The third-order valence-corrected chi connectivity index (χ3v) is 6.69. The number of nitrogens with one attached hydrogen (secondary N) is 1. The van der Waals surface area contributed by atoms with Crippen LogP contribution in [0.15, 0.2) is 59.5 Å². The minimum atomic E-state index is -3.22. The van der Waals surface area contributed by atoms with E-state index in [1.54, 1.807) is 24.3 Å². The summed E-state index contributed by atoms with van der Waals surface area (Å²) in [6.45, 7) is 0.486. The van der Waals surface area contributed by atoms with E-state index in [9.17, 15) is 13.2 Å². The fourth-order valence-electron chi connectivity index (χ4n) is 3.95. The molecule has 0 radical (unpaired) electrons. The molecule has 4 rings (SSSR count). The molecule has 1 aliphatic carbocycles. The molecule has 5 nitrogen and oxygen atoms in total. The van der Waals surface area contributed by atoms with Gasteiger partial charge in [0.15, 0.2) is 9.84 Å². The van der Waals surface area contributed by atoms with Crippen molar-refractivity contribution in [3.8, 4) is 16.9 Å². The number of carbonyl (C=O) groups is 1. The molecule has 0 spiro atoms. The first-order valence-corrected chi connectivity index (χ1v) is 11.8. The van der Waals surface area contributed by atoms with E-state index in [0.717, 1.165) is 48.1 Å². The van der Waals surface area contributed by atoms with Crippen LogP contribution in [0.1, 0.15) is 24.8 Å². The summed E-state index contributed by atoms with van der Waals surface area (Å²) in [5.41, 5.74) is 2.95. The molecule has 2 atom stereocenters. The molecule has 2 aromatic rings. The number of hydrogen-bond acceptors (Lipinski definition) is 4. The molecular formula is C23H25NO4S. The van der Waals surface area contributed by atoms with E-state index in [1.807, 2.05) is 18.2 Å². The molecule has 2 aliphatic rings. The van der Waals surface area contributed by atoms with Gasteiger partial charge < -0.3 is 10.1 Å². The van der Waals surface area contributed by atoms with E-state index in [2.05, 4.69) is 17.5 Å². The van der Waals surface area contributed by atoms with E-state index in [4.69, 9.17) is 4.74 Å². The summed E-state index contributed by atoms with van der Waals surface area (Å²) in [7, 11) is -3.22. The lowest BCUT2D eigenvalue weighted by Crippen LogP contribution is -2.38. The molecule has 1 heterocycles. The predicted molar refractivity (Wildman–Crippen MR) is 113 cm³/mol. The van der Waals surface area contributed by atoms with Gasteiger partial charge in [-0.05, 0) is 42.5 Å². The molecular weight excluding hydrogens is 386 g/mol. The SMILES string of the molecule is CS(=O)(=O)c1ccc(-c2cccc3c2O[C@H](CNC(=O)[C@@H]2CC=CCC2)C3)cc1. The van der Waals surface area contributed by atoms with E-state index >= 15 is 0 Å². The van der Waals surface area contributed by atoms with Crippen molar-refractivity contribution in [3.05, 3.63) is 60.2 Å². The van der Waals surface area contributed by atoms with Crippen LogP contribution >= 0.6 is 0 Å². The number of allylic oxidation sites excluding steroid dienone is 2. The maximum absolute atomic E-state index is 12.4. The van der Waals surface area contributed by atoms with Gasteiger partial charge in [-0.3, -0.25) is 4.79 Å². The minimum Gasteiger partial charge on any atom is -0.487 e. The van der Waals surface area contributed by atoms with Crippen molar-refractivity contribution in [2.45, 2.75) is 36.7 Å². The maximum Gasteiger partial charge on any atom is 0.223 e. The zero-order chi connectivity index (χ0) is 20.4. The van der Waals surface area contributed by atoms with E-state index in [0.29, 0.717) is 11.4 Å². The summed E-state index contributed by atoms with van der Waals surface area (Å²) in [5, 5.41) is 3.05. The van der Waals surface area contributed by atoms with Gasteiger partial charge in [-0.2, -0.15) is 0 Å². The third-order valence-electron chi connectivity index (χ3n) is 5.57. The monoisotopic (exact) mass is 411 g/mol. The standard InChI is InChI=1S/C23H25NO4S/c1-29(26,27)20-12-10-16(11-13-20)21-9-5-8-18-14-19(28-22(18)21)15-24-23(25)17-6-3-2-4-7-17/h2-3,5,8-13,17,19H,4,6-7,14-15H2,1H3,(H,24,25)/t17-,19+/m1/s1. The first-order chi connectivity index (χ1) is 13.9. The summed E-state index contributed by atoms with van der Waals surface area (Å²) in [5.74, 6) is 0.984. The van der Waals surface area contributed by atoms with Crippen LogP contribution in [0.25, 0.3) is 11.1 Å². The number of fused-ring (bicyclic) bond motifs is 1. The van der Waals surface area contributed by atoms with Gasteiger partial charge in [-0.1, -0.05) is 42.5 Å². The van der Waals surface area contributed by atoms with Crippen LogP contribution in [0.2, 0.25) is 0 Å². The fraction of sp³-hybridized carbons (Fsp3) is 0.348. The largest absolute Gasteiger partial charge is 0.487 e. The topological polar surface area (TPSA) is 72.5 Å². The average molecular weight is 412 g/mol. The summed E-state index contributed by atoms with van der Waals surface area (Å²) in [6, 6.07) is 12.9. The summed E-state index contributed by atoms with van der Waals surface area (Å²) in [4.78, 5) is 12.7. The zero-order valence-corrected chi connectivity index (χ0v) is 17.2. The molecule has 0 bridgehead atoms. The Kier molecular flexibility index (Phi) is 5.46. The van der Waals surface area contributed by atoms with Crippen molar-refractivity contribution in [1.82, 2.24) is 5.32 Å². The van der Waals surface area contributed by atoms with Crippen LogP contribution < -0.4 is 10.1 Å². The van der Waals surface area contributed by atoms with Gasteiger partial charge in [-0.15, -0.1) is 0 Å². The average Bonchev–Trinajstić information content (AvgIpc) is 3.15. The highest BCUT2D eigenvalue weighted by Crippen LogP contribution is 2.39. The number of para-hydroxylation sites is 1. The lowest BCUT2D eigenvalue weighted by atomic mass is 9.93. The lowest BCUT2D eigenvalue weighted by Gasteiger charge is -2.19. The van der Waals surface area contributed by atoms with Crippen molar-refractivity contribution in [3.63, 3.8) is 0 Å². The maximum atomic E-state index is 12.4. The second-order valence-corrected chi connectivity index (χ2v) is 9.78. The Morgan fingerprint density at radius 1 is 1.14 bits per heavy atom. The molecule has 0 saturated heterocycles. The van der Waals surface area contributed by atoms with Crippen molar-refractivity contribution >= 4 is 15.7 Å². The Balaban J connectivity index is 1.45. The molecule has 1 amide bonds. The molecule has 0 aromatic heterocycles. The molecule has 6 heteroatoms. The van der Waals surface area contributed by atoms with Crippen LogP contribution in [-0.2, 0) is 21.1 Å². The van der Waals surface area contributed by atoms with Crippen LogP contribution in [0.5, 0.6) is 5.75 Å². The summed E-state index contributed by atoms with van der Waals surface area (Å²) in [6.07, 6.45) is 8.74. The second kappa shape index (κ2) is 8.03. The van der Waals surface area contributed by atoms with E-state index in [-0.39, 0.29) is 17.9 Å². The van der Waals surface area contributed by atoms with Crippen LogP contribution in [0.4, 0.5) is 0 Å². The minimum absolute atomic E-state index is 0.0627. The van der Waals surface area contributed by atoms with Gasteiger partial charge in [0.05, 0.1) is 11.4 Å². The number of hydrogen-bond donors (Lipinski definition) is 1. The number of sulfone groups is 1. The Hall–Kier alpha value is -2.60. The van der Waals surface area contributed by atoms with Crippen LogP contribution in [-0.4, -0.2) is 33.2 Å². The van der Waals surface area contributed by atoms with Gasteiger partial charge >= 0.3 is 0 Å².